The first-order chi connectivity index (χ1) is 14.1. The SMILES string of the molecule is CCn1nc(C)cc1C(=O)N1C[C@@H]2C[C@H](C1)[C@@H]1CCC[C@H](c3ccccc3)N1C2. The molecule has 0 unspecified atom stereocenters. The number of benzene rings is 1. The van der Waals surface area contributed by atoms with E-state index in [2.05, 4.69) is 52.2 Å². The number of piperidine rings is 3. The molecule has 154 valence electrons. The molecule has 0 spiro atoms. The van der Waals surface area contributed by atoms with E-state index >= 15 is 0 Å². The van der Waals surface area contributed by atoms with Gasteiger partial charge in [0.05, 0.1) is 5.69 Å². The third-order valence-electron chi connectivity index (χ3n) is 7.28. The number of rotatable bonds is 3. The Balaban J connectivity index is 1.36. The molecule has 3 aliphatic rings. The van der Waals surface area contributed by atoms with Crippen molar-refractivity contribution >= 4 is 5.91 Å². The van der Waals surface area contributed by atoms with Crippen molar-refractivity contribution in [1.82, 2.24) is 19.6 Å². The Kier molecular flexibility index (Phi) is 4.94. The van der Waals surface area contributed by atoms with E-state index in [1.165, 1.54) is 31.2 Å². The van der Waals surface area contributed by atoms with E-state index < -0.39 is 0 Å². The average Bonchev–Trinajstić information content (AvgIpc) is 3.14. The van der Waals surface area contributed by atoms with Crippen molar-refractivity contribution in [2.45, 2.75) is 58.2 Å². The minimum Gasteiger partial charge on any atom is -0.337 e. The number of hydrogen-bond acceptors (Lipinski definition) is 3. The minimum absolute atomic E-state index is 0.172. The van der Waals surface area contributed by atoms with Crippen molar-refractivity contribution in [1.29, 1.82) is 0 Å². The van der Waals surface area contributed by atoms with Crippen molar-refractivity contribution < 1.29 is 4.79 Å². The second-order valence-corrected chi connectivity index (χ2v) is 9.18. The number of aryl methyl sites for hydroxylation is 2. The van der Waals surface area contributed by atoms with E-state index in [4.69, 9.17) is 0 Å². The Hall–Kier alpha value is -2.14. The van der Waals surface area contributed by atoms with Crippen LogP contribution in [0.4, 0.5) is 0 Å². The molecule has 0 N–H and O–H groups in total. The predicted octanol–water partition coefficient (Wildman–Crippen LogP) is 3.90. The van der Waals surface area contributed by atoms with Crippen molar-refractivity contribution in [3.05, 3.63) is 53.3 Å². The summed E-state index contributed by atoms with van der Waals surface area (Å²) < 4.78 is 1.86. The summed E-state index contributed by atoms with van der Waals surface area (Å²) in [7, 11) is 0. The number of nitrogens with zero attached hydrogens (tertiary/aromatic N) is 4. The molecule has 3 aliphatic heterocycles. The average molecular weight is 393 g/mol. The quantitative estimate of drug-likeness (QED) is 0.796. The monoisotopic (exact) mass is 392 g/mol. The largest absolute Gasteiger partial charge is 0.337 e. The standard InChI is InChI=1S/C24H32N4O/c1-3-28-23(12-17(2)25-28)24(29)26-14-18-13-20(16-26)22-11-7-10-21(27(22)15-18)19-8-5-4-6-9-19/h4-6,8-9,12,18,20-22H,3,7,10-11,13-16H2,1-2H3/t18-,20+,21+,22-/m0/s1. The zero-order chi connectivity index (χ0) is 20.0. The smallest absolute Gasteiger partial charge is 0.272 e. The second-order valence-electron chi connectivity index (χ2n) is 9.18. The second kappa shape index (κ2) is 7.60. The van der Waals surface area contributed by atoms with Gasteiger partial charge in [-0.2, -0.15) is 5.10 Å². The number of hydrogen-bond donors (Lipinski definition) is 0. The topological polar surface area (TPSA) is 41.4 Å². The summed E-state index contributed by atoms with van der Waals surface area (Å²) in [5, 5.41) is 4.49. The summed E-state index contributed by atoms with van der Waals surface area (Å²) in [6.45, 7) is 7.66. The maximum atomic E-state index is 13.3. The van der Waals surface area contributed by atoms with E-state index in [1.54, 1.807) is 0 Å². The number of fused-ring (bicyclic) bond motifs is 4. The molecule has 0 saturated carbocycles. The van der Waals surface area contributed by atoms with Crippen LogP contribution >= 0.6 is 0 Å². The summed E-state index contributed by atoms with van der Waals surface area (Å²) in [5.74, 6) is 1.35. The van der Waals surface area contributed by atoms with Crippen LogP contribution in [-0.2, 0) is 6.54 Å². The van der Waals surface area contributed by atoms with Crippen LogP contribution in [0, 0.1) is 18.8 Å². The van der Waals surface area contributed by atoms with Crippen molar-refractivity contribution in [3.63, 3.8) is 0 Å². The van der Waals surface area contributed by atoms with Crippen LogP contribution in [0.2, 0.25) is 0 Å². The molecule has 3 saturated heterocycles. The first-order valence-electron chi connectivity index (χ1n) is 11.3. The van der Waals surface area contributed by atoms with Gasteiger partial charge in [0.15, 0.2) is 0 Å². The lowest BCUT2D eigenvalue weighted by Gasteiger charge is -2.55. The van der Waals surface area contributed by atoms with Gasteiger partial charge in [0.25, 0.3) is 5.91 Å². The molecule has 4 heterocycles. The van der Waals surface area contributed by atoms with E-state index in [1.807, 2.05) is 17.7 Å². The summed E-state index contributed by atoms with van der Waals surface area (Å²) in [4.78, 5) is 18.2. The van der Waals surface area contributed by atoms with Crippen LogP contribution in [0.15, 0.2) is 36.4 Å². The lowest BCUT2D eigenvalue weighted by atomic mass is 9.74. The first kappa shape index (κ1) is 18.9. The number of aromatic nitrogens is 2. The molecule has 0 aliphatic carbocycles. The fourth-order valence-corrected chi connectivity index (χ4v) is 6.13. The summed E-state index contributed by atoms with van der Waals surface area (Å²) >= 11 is 0. The van der Waals surface area contributed by atoms with Gasteiger partial charge in [-0.25, -0.2) is 0 Å². The van der Waals surface area contributed by atoms with Crippen LogP contribution in [0.3, 0.4) is 0 Å². The maximum Gasteiger partial charge on any atom is 0.272 e. The predicted molar refractivity (Wildman–Crippen MR) is 114 cm³/mol. The fourth-order valence-electron chi connectivity index (χ4n) is 6.13. The van der Waals surface area contributed by atoms with Gasteiger partial charge in [-0.3, -0.25) is 14.4 Å². The van der Waals surface area contributed by atoms with E-state index in [-0.39, 0.29) is 5.91 Å². The van der Waals surface area contributed by atoms with Crippen LogP contribution in [0.5, 0.6) is 0 Å². The normalized spacial score (nSPS) is 29.5. The Labute approximate surface area is 173 Å². The molecule has 5 rings (SSSR count). The first-order valence-corrected chi connectivity index (χ1v) is 11.3. The number of likely N-dealkylation sites (tertiary alicyclic amines) is 1. The molecule has 29 heavy (non-hydrogen) atoms. The van der Waals surface area contributed by atoms with Crippen LogP contribution in [-0.4, -0.2) is 51.2 Å². The Morgan fingerprint density at radius 2 is 1.97 bits per heavy atom. The molecular weight excluding hydrogens is 360 g/mol. The van der Waals surface area contributed by atoms with Gasteiger partial charge in [-0.15, -0.1) is 0 Å². The fraction of sp³-hybridized carbons (Fsp3) is 0.583. The summed E-state index contributed by atoms with van der Waals surface area (Å²) in [5.41, 5.74) is 3.15. The Bertz CT molecular complexity index is 876. The van der Waals surface area contributed by atoms with Crippen molar-refractivity contribution in [3.8, 4) is 0 Å². The lowest BCUT2D eigenvalue weighted by molar-refractivity contribution is -0.0513. The molecule has 5 heteroatoms. The number of amides is 1. The Morgan fingerprint density at radius 1 is 1.14 bits per heavy atom. The molecule has 0 radical (unpaired) electrons. The molecule has 3 fully saturated rings. The summed E-state index contributed by atoms with van der Waals surface area (Å²) in [6.07, 6.45) is 5.10. The molecule has 1 amide bonds. The molecule has 2 bridgehead atoms. The number of carbonyl (C=O) groups excluding carboxylic acids is 1. The van der Waals surface area contributed by atoms with Gasteiger partial charge in [-0.1, -0.05) is 30.3 Å². The molecule has 2 aromatic rings. The highest BCUT2D eigenvalue weighted by Gasteiger charge is 2.46. The van der Waals surface area contributed by atoms with E-state index in [9.17, 15) is 4.79 Å². The third-order valence-corrected chi connectivity index (χ3v) is 7.28. The third kappa shape index (κ3) is 3.39. The van der Waals surface area contributed by atoms with Gasteiger partial charge < -0.3 is 4.90 Å². The van der Waals surface area contributed by atoms with Gasteiger partial charge in [0.1, 0.15) is 5.69 Å². The molecule has 5 nitrogen and oxygen atoms in total. The molecule has 4 atom stereocenters. The highest BCUT2D eigenvalue weighted by Crippen LogP contribution is 2.44. The molecule has 1 aromatic heterocycles. The zero-order valence-corrected chi connectivity index (χ0v) is 17.6. The zero-order valence-electron chi connectivity index (χ0n) is 17.6. The molecular formula is C24H32N4O. The Morgan fingerprint density at radius 3 is 2.76 bits per heavy atom. The lowest BCUT2D eigenvalue weighted by Crippen LogP contribution is -2.60. The van der Waals surface area contributed by atoms with Gasteiger partial charge in [0.2, 0.25) is 0 Å². The van der Waals surface area contributed by atoms with Gasteiger partial charge >= 0.3 is 0 Å². The highest BCUT2D eigenvalue weighted by atomic mass is 16.2. The maximum absolute atomic E-state index is 13.3. The van der Waals surface area contributed by atoms with Crippen LogP contribution < -0.4 is 0 Å². The summed E-state index contributed by atoms with van der Waals surface area (Å²) in [6, 6.07) is 14.1. The number of carbonyl (C=O) groups is 1. The van der Waals surface area contributed by atoms with E-state index in [0.29, 0.717) is 23.9 Å². The van der Waals surface area contributed by atoms with E-state index in [0.717, 1.165) is 37.6 Å². The van der Waals surface area contributed by atoms with Crippen molar-refractivity contribution in [2.75, 3.05) is 19.6 Å². The van der Waals surface area contributed by atoms with Crippen molar-refractivity contribution in [2.24, 2.45) is 11.8 Å². The minimum atomic E-state index is 0.172. The highest BCUT2D eigenvalue weighted by molar-refractivity contribution is 5.92. The molecule has 1 aromatic carbocycles. The van der Waals surface area contributed by atoms with Gasteiger partial charge in [-0.05, 0) is 63.0 Å². The van der Waals surface area contributed by atoms with Gasteiger partial charge in [0, 0.05) is 38.3 Å². The van der Waals surface area contributed by atoms with Crippen LogP contribution in [0.1, 0.15) is 60.4 Å². The van der Waals surface area contributed by atoms with Crippen LogP contribution in [0.25, 0.3) is 0 Å².